The summed E-state index contributed by atoms with van der Waals surface area (Å²) in [7, 11) is 3.93. The molecule has 0 fully saturated rings. The molecule has 0 atom stereocenters. The molecule has 0 saturated heterocycles. The molecule has 0 radical (unpaired) electrons. The zero-order valence-electron chi connectivity index (χ0n) is 9.61. The Hall–Kier alpha value is -1.48. The van der Waals surface area contributed by atoms with Crippen molar-refractivity contribution < 1.29 is 0 Å². The molecule has 1 heterocycles. The fourth-order valence-corrected chi connectivity index (χ4v) is 1.84. The Morgan fingerprint density at radius 1 is 1.19 bits per heavy atom. The van der Waals surface area contributed by atoms with Crippen LogP contribution in [-0.2, 0) is 0 Å². The maximum atomic E-state index is 5.87. The molecule has 0 N–H and O–H groups in total. The van der Waals surface area contributed by atoms with Gasteiger partial charge in [0.1, 0.15) is 0 Å². The minimum Gasteiger partial charge on any atom is -0.303 e. The standard InChI is InChI=1S/C12H14ClN3/c1-9-12(8-14-16(9)15(2)3)10-4-6-11(13)7-5-10/h4-8H,1-3H3. The summed E-state index contributed by atoms with van der Waals surface area (Å²) < 4.78 is 0. The van der Waals surface area contributed by atoms with E-state index in [9.17, 15) is 0 Å². The maximum absolute atomic E-state index is 5.87. The average Bonchev–Trinajstić information content (AvgIpc) is 2.61. The summed E-state index contributed by atoms with van der Waals surface area (Å²) in [6.45, 7) is 2.05. The van der Waals surface area contributed by atoms with E-state index in [-0.39, 0.29) is 0 Å². The lowest BCUT2D eigenvalue weighted by atomic mass is 10.1. The zero-order valence-corrected chi connectivity index (χ0v) is 10.4. The molecule has 4 heteroatoms. The third-order valence-electron chi connectivity index (χ3n) is 2.52. The topological polar surface area (TPSA) is 21.1 Å². The van der Waals surface area contributed by atoms with Gasteiger partial charge in [0, 0.05) is 24.7 Å². The summed E-state index contributed by atoms with van der Waals surface area (Å²) in [6, 6.07) is 7.80. The van der Waals surface area contributed by atoms with E-state index >= 15 is 0 Å². The van der Waals surface area contributed by atoms with Gasteiger partial charge in [0.2, 0.25) is 0 Å². The van der Waals surface area contributed by atoms with E-state index in [0.29, 0.717) is 0 Å². The van der Waals surface area contributed by atoms with Crippen molar-refractivity contribution in [1.29, 1.82) is 0 Å². The first kappa shape index (κ1) is 11.0. The molecule has 0 aliphatic carbocycles. The van der Waals surface area contributed by atoms with Crippen LogP contribution < -0.4 is 5.01 Å². The van der Waals surface area contributed by atoms with Crippen LogP contribution in [0.5, 0.6) is 0 Å². The second-order valence-electron chi connectivity index (χ2n) is 3.89. The Morgan fingerprint density at radius 2 is 1.81 bits per heavy atom. The highest BCUT2D eigenvalue weighted by Crippen LogP contribution is 2.24. The fourth-order valence-electron chi connectivity index (χ4n) is 1.72. The summed E-state index contributed by atoms with van der Waals surface area (Å²) >= 11 is 5.87. The normalized spacial score (nSPS) is 10.5. The summed E-state index contributed by atoms with van der Waals surface area (Å²) in [5.41, 5.74) is 3.38. The molecule has 1 aromatic heterocycles. The van der Waals surface area contributed by atoms with Gasteiger partial charge in [-0.05, 0) is 24.6 Å². The van der Waals surface area contributed by atoms with Crippen molar-refractivity contribution in [1.82, 2.24) is 9.89 Å². The summed E-state index contributed by atoms with van der Waals surface area (Å²) in [4.78, 5) is 1.87. The van der Waals surface area contributed by atoms with Crippen LogP contribution in [0.4, 0.5) is 0 Å². The lowest BCUT2D eigenvalue weighted by molar-refractivity contribution is 0.621. The van der Waals surface area contributed by atoms with Crippen LogP contribution in [0.3, 0.4) is 0 Å². The smallest absolute Gasteiger partial charge is 0.0669 e. The van der Waals surface area contributed by atoms with E-state index in [1.54, 1.807) is 0 Å². The highest BCUT2D eigenvalue weighted by molar-refractivity contribution is 6.30. The number of nitrogens with zero attached hydrogens (tertiary/aromatic N) is 3. The van der Waals surface area contributed by atoms with Gasteiger partial charge in [0.15, 0.2) is 0 Å². The van der Waals surface area contributed by atoms with E-state index in [4.69, 9.17) is 11.6 Å². The molecular formula is C12H14ClN3. The van der Waals surface area contributed by atoms with Crippen LogP contribution in [0.2, 0.25) is 5.02 Å². The van der Waals surface area contributed by atoms with E-state index < -0.39 is 0 Å². The van der Waals surface area contributed by atoms with Gasteiger partial charge in [-0.2, -0.15) is 9.89 Å². The van der Waals surface area contributed by atoms with Gasteiger partial charge in [-0.25, -0.2) is 0 Å². The van der Waals surface area contributed by atoms with E-state index in [2.05, 4.69) is 12.0 Å². The molecule has 0 bridgehead atoms. The monoisotopic (exact) mass is 235 g/mol. The summed E-state index contributed by atoms with van der Waals surface area (Å²) in [5.74, 6) is 0. The van der Waals surface area contributed by atoms with Crippen molar-refractivity contribution >= 4 is 11.6 Å². The molecule has 0 unspecified atom stereocenters. The van der Waals surface area contributed by atoms with Gasteiger partial charge in [0.05, 0.1) is 11.9 Å². The van der Waals surface area contributed by atoms with E-state index in [0.717, 1.165) is 21.8 Å². The lowest BCUT2D eigenvalue weighted by Gasteiger charge is -2.14. The first-order valence-electron chi connectivity index (χ1n) is 5.08. The maximum Gasteiger partial charge on any atom is 0.0669 e. The zero-order chi connectivity index (χ0) is 11.7. The van der Waals surface area contributed by atoms with Crippen molar-refractivity contribution in [2.75, 3.05) is 19.1 Å². The van der Waals surface area contributed by atoms with Crippen LogP contribution in [0.25, 0.3) is 11.1 Å². The van der Waals surface area contributed by atoms with Gasteiger partial charge in [-0.1, -0.05) is 23.7 Å². The quantitative estimate of drug-likeness (QED) is 0.798. The number of halogens is 1. The lowest BCUT2D eigenvalue weighted by Crippen LogP contribution is -2.27. The van der Waals surface area contributed by atoms with Crippen molar-refractivity contribution in [3.8, 4) is 11.1 Å². The summed E-state index contributed by atoms with van der Waals surface area (Å²) in [5, 5.41) is 7.01. The van der Waals surface area contributed by atoms with Crippen LogP contribution >= 0.6 is 11.6 Å². The van der Waals surface area contributed by atoms with Crippen LogP contribution in [-0.4, -0.2) is 24.0 Å². The summed E-state index contributed by atoms with van der Waals surface area (Å²) in [6.07, 6.45) is 1.87. The first-order chi connectivity index (χ1) is 7.59. The first-order valence-corrected chi connectivity index (χ1v) is 5.45. The van der Waals surface area contributed by atoms with Gasteiger partial charge < -0.3 is 5.01 Å². The number of rotatable bonds is 2. The van der Waals surface area contributed by atoms with E-state index in [1.165, 1.54) is 0 Å². The van der Waals surface area contributed by atoms with Gasteiger partial charge >= 0.3 is 0 Å². The molecule has 3 nitrogen and oxygen atoms in total. The molecular weight excluding hydrogens is 222 g/mol. The number of hydrogen-bond acceptors (Lipinski definition) is 2. The number of aromatic nitrogens is 2. The minimum atomic E-state index is 0.751. The molecule has 0 aliphatic rings. The number of benzene rings is 1. The van der Waals surface area contributed by atoms with Crippen LogP contribution in [0.1, 0.15) is 5.69 Å². The Balaban J connectivity index is 2.45. The Kier molecular flexibility index (Phi) is 2.88. The van der Waals surface area contributed by atoms with Crippen LogP contribution in [0.15, 0.2) is 30.5 Å². The largest absolute Gasteiger partial charge is 0.303 e. The minimum absolute atomic E-state index is 0.751. The van der Waals surface area contributed by atoms with Gasteiger partial charge in [-0.15, -0.1) is 0 Å². The predicted molar refractivity (Wildman–Crippen MR) is 67.5 cm³/mol. The highest BCUT2D eigenvalue weighted by atomic mass is 35.5. The SMILES string of the molecule is Cc1c(-c2ccc(Cl)cc2)cnn1N(C)C. The Bertz CT molecular complexity index is 485. The van der Waals surface area contributed by atoms with Crippen molar-refractivity contribution in [3.05, 3.63) is 41.2 Å². The second-order valence-corrected chi connectivity index (χ2v) is 4.32. The highest BCUT2D eigenvalue weighted by Gasteiger charge is 2.09. The molecule has 1 aromatic carbocycles. The number of hydrogen-bond donors (Lipinski definition) is 0. The molecule has 84 valence electrons. The molecule has 0 spiro atoms. The van der Waals surface area contributed by atoms with Crippen molar-refractivity contribution in [2.45, 2.75) is 6.92 Å². The Labute approximate surface area is 100 Å². The molecule has 16 heavy (non-hydrogen) atoms. The molecule has 0 aliphatic heterocycles. The fraction of sp³-hybridized carbons (Fsp3) is 0.250. The van der Waals surface area contributed by atoms with Crippen molar-refractivity contribution in [3.63, 3.8) is 0 Å². The molecule has 0 saturated carbocycles. The predicted octanol–water partition coefficient (Wildman–Crippen LogP) is 2.71. The second kappa shape index (κ2) is 4.18. The van der Waals surface area contributed by atoms with Gasteiger partial charge in [0.25, 0.3) is 0 Å². The van der Waals surface area contributed by atoms with Crippen molar-refractivity contribution in [2.24, 2.45) is 0 Å². The van der Waals surface area contributed by atoms with Crippen LogP contribution in [0, 0.1) is 6.92 Å². The van der Waals surface area contributed by atoms with Gasteiger partial charge in [-0.3, -0.25) is 0 Å². The van der Waals surface area contributed by atoms with E-state index in [1.807, 2.05) is 54.4 Å². The Morgan fingerprint density at radius 3 is 2.31 bits per heavy atom. The average molecular weight is 236 g/mol. The molecule has 0 amide bonds. The third-order valence-corrected chi connectivity index (χ3v) is 2.77. The third kappa shape index (κ3) is 1.91. The molecule has 2 aromatic rings. The molecule has 2 rings (SSSR count).